The molecule has 0 aliphatic heterocycles. The maximum absolute atomic E-state index is 5.58. The van der Waals surface area contributed by atoms with Gasteiger partial charge in [0.2, 0.25) is 0 Å². The third-order valence-electron chi connectivity index (χ3n) is 2.46. The quantitative estimate of drug-likeness (QED) is 0.405. The summed E-state index contributed by atoms with van der Waals surface area (Å²) in [5.74, 6) is 0. The second-order valence-corrected chi connectivity index (χ2v) is 3.76. The standard InChI is InChI=1S/C11H10N.C5H5.Fe/c12-11-7-5-10(6-8-11)9-3-1-2-4-9;1-2-4-5-3-1;/h1-8H,12H2;1-5H;/q2*-1;+2. The van der Waals surface area contributed by atoms with Gasteiger partial charge >= 0.3 is 17.1 Å². The van der Waals surface area contributed by atoms with Crippen molar-refractivity contribution in [3.8, 4) is 11.1 Å². The molecule has 0 amide bonds. The molecule has 0 heterocycles. The molecule has 0 saturated heterocycles. The van der Waals surface area contributed by atoms with Crippen molar-refractivity contribution in [2.24, 2.45) is 0 Å². The van der Waals surface area contributed by atoms with Crippen molar-refractivity contribution in [3.63, 3.8) is 0 Å². The minimum atomic E-state index is 0. The molecule has 0 spiro atoms. The first-order valence-electron chi connectivity index (χ1n) is 5.60. The Bertz CT molecular complexity index is 490. The molecule has 0 atom stereocenters. The van der Waals surface area contributed by atoms with Crippen LogP contribution in [-0.2, 0) is 17.1 Å². The minimum Gasteiger partial charge on any atom is -0.399 e. The van der Waals surface area contributed by atoms with Gasteiger partial charge < -0.3 is 5.73 Å². The van der Waals surface area contributed by atoms with Crippen molar-refractivity contribution >= 4 is 5.69 Å². The Balaban J connectivity index is 0.000000230. The van der Waals surface area contributed by atoms with E-state index in [1.54, 1.807) is 0 Å². The number of nitrogens with two attached hydrogens (primary N) is 1. The van der Waals surface area contributed by atoms with Gasteiger partial charge in [0, 0.05) is 5.69 Å². The number of rotatable bonds is 1. The Morgan fingerprint density at radius 1 is 0.722 bits per heavy atom. The van der Waals surface area contributed by atoms with Crippen molar-refractivity contribution in [1.29, 1.82) is 0 Å². The number of hydrogen-bond donors (Lipinski definition) is 1. The molecule has 0 aliphatic rings. The van der Waals surface area contributed by atoms with E-state index >= 15 is 0 Å². The first-order valence-corrected chi connectivity index (χ1v) is 5.60. The minimum absolute atomic E-state index is 0. The molecule has 0 radical (unpaired) electrons. The van der Waals surface area contributed by atoms with Gasteiger partial charge in [-0.1, -0.05) is 17.7 Å². The smallest absolute Gasteiger partial charge is 0.399 e. The fraction of sp³-hybridized carbons (Fsp3) is 0. The summed E-state index contributed by atoms with van der Waals surface area (Å²) in [5.41, 5.74) is 8.85. The molecule has 3 aromatic carbocycles. The molecule has 18 heavy (non-hydrogen) atoms. The molecular weight excluding hydrogens is 262 g/mol. The summed E-state index contributed by atoms with van der Waals surface area (Å²) in [5, 5.41) is 0. The van der Waals surface area contributed by atoms with Crippen LogP contribution < -0.4 is 5.73 Å². The van der Waals surface area contributed by atoms with E-state index in [1.165, 1.54) is 11.1 Å². The largest absolute Gasteiger partial charge is 2.00 e. The summed E-state index contributed by atoms with van der Waals surface area (Å²) >= 11 is 0. The maximum Gasteiger partial charge on any atom is 2.00 e. The average Bonchev–Trinajstić information content (AvgIpc) is 3.06. The van der Waals surface area contributed by atoms with Crippen LogP contribution in [0.4, 0.5) is 5.69 Å². The number of benzene rings is 1. The van der Waals surface area contributed by atoms with Gasteiger partial charge in [-0.3, -0.25) is 0 Å². The number of anilines is 1. The Labute approximate surface area is 118 Å². The van der Waals surface area contributed by atoms with Gasteiger partial charge in [0.25, 0.3) is 0 Å². The molecule has 0 aromatic heterocycles. The molecule has 3 aromatic rings. The van der Waals surface area contributed by atoms with E-state index in [0.29, 0.717) is 0 Å². The van der Waals surface area contributed by atoms with Gasteiger partial charge in [-0.05, 0) is 12.1 Å². The summed E-state index contributed by atoms with van der Waals surface area (Å²) in [6.07, 6.45) is 0. The average molecular weight is 277 g/mol. The van der Waals surface area contributed by atoms with E-state index in [-0.39, 0.29) is 17.1 Å². The molecule has 1 nitrogen and oxygen atoms in total. The Morgan fingerprint density at radius 2 is 1.39 bits per heavy atom. The normalized spacial score (nSPS) is 8.89. The molecule has 3 rings (SSSR count). The number of hydrogen-bond acceptors (Lipinski definition) is 1. The topological polar surface area (TPSA) is 26.0 Å². The van der Waals surface area contributed by atoms with E-state index in [4.69, 9.17) is 5.73 Å². The third-order valence-corrected chi connectivity index (χ3v) is 2.46. The van der Waals surface area contributed by atoms with Gasteiger partial charge in [0.1, 0.15) is 0 Å². The molecule has 2 N–H and O–H groups in total. The van der Waals surface area contributed by atoms with E-state index in [9.17, 15) is 0 Å². The van der Waals surface area contributed by atoms with Crippen molar-refractivity contribution < 1.29 is 17.1 Å². The molecule has 0 bridgehead atoms. The summed E-state index contributed by atoms with van der Waals surface area (Å²) in [6.45, 7) is 0. The zero-order chi connectivity index (χ0) is 11.9. The molecule has 2 heteroatoms. The summed E-state index contributed by atoms with van der Waals surface area (Å²) in [4.78, 5) is 0. The van der Waals surface area contributed by atoms with Crippen LogP contribution >= 0.6 is 0 Å². The molecule has 0 saturated carbocycles. The van der Waals surface area contributed by atoms with Crippen LogP contribution in [0.25, 0.3) is 11.1 Å². The number of nitrogen functional groups attached to an aromatic ring is 1. The van der Waals surface area contributed by atoms with Gasteiger partial charge in [-0.2, -0.15) is 42.0 Å². The fourth-order valence-electron chi connectivity index (χ4n) is 1.56. The van der Waals surface area contributed by atoms with Crippen LogP contribution in [0.5, 0.6) is 0 Å². The van der Waals surface area contributed by atoms with Crippen LogP contribution in [0.15, 0.2) is 78.9 Å². The Kier molecular flexibility index (Phi) is 5.99. The van der Waals surface area contributed by atoms with Crippen molar-refractivity contribution in [1.82, 2.24) is 0 Å². The van der Waals surface area contributed by atoms with Gasteiger partial charge in [0.05, 0.1) is 0 Å². The van der Waals surface area contributed by atoms with Crippen molar-refractivity contribution in [3.05, 3.63) is 78.9 Å². The van der Waals surface area contributed by atoms with E-state index < -0.39 is 0 Å². The molecule has 92 valence electrons. The SMILES string of the molecule is Nc1ccc(-c2cc[cH-]c2)cc1.[Fe+2].c1cc[cH-]c1. The van der Waals surface area contributed by atoms with Crippen LogP contribution in [0.2, 0.25) is 0 Å². The van der Waals surface area contributed by atoms with Crippen LogP contribution in [0, 0.1) is 0 Å². The second kappa shape index (κ2) is 7.54. The molecule has 0 aliphatic carbocycles. The zero-order valence-corrected chi connectivity index (χ0v) is 11.0. The van der Waals surface area contributed by atoms with Crippen LogP contribution in [-0.4, -0.2) is 0 Å². The van der Waals surface area contributed by atoms with E-state index in [2.05, 4.69) is 12.1 Å². The van der Waals surface area contributed by atoms with Crippen molar-refractivity contribution in [2.75, 3.05) is 5.73 Å². The van der Waals surface area contributed by atoms with Gasteiger partial charge in [0.15, 0.2) is 0 Å². The third kappa shape index (κ3) is 4.25. The van der Waals surface area contributed by atoms with Gasteiger partial charge in [-0.15, -0.1) is 0 Å². The monoisotopic (exact) mass is 277 g/mol. The second-order valence-electron chi connectivity index (χ2n) is 3.76. The Morgan fingerprint density at radius 3 is 1.83 bits per heavy atom. The van der Waals surface area contributed by atoms with Crippen LogP contribution in [0.1, 0.15) is 0 Å². The molecule has 0 fully saturated rings. The summed E-state index contributed by atoms with van der Waals surface area (Å²) in [7, 11) is 0. The molecule has 0 unspecified atom stereocenters. The Hall–Kier alpha value is -1.76. The van der Waals surface area contributed by atoms with Gasteiger partial charge in [-0.25, -0.2) is 18.2 Å². The van der Waals surface area contributed by atoms with Crippen LogP contribution in [0.3, 0.4) is 0 Å². The zero-order valence-electron chi connectivity index (χ0n) is 9.94. The van der Waals surface area contributed by atoms with E-state index in [0.717, 1.165) is 5.69 Å². The first kappa shape index (κ1) is 14.3. The first-order chi connectivity index (χ1) is 8.36. The summed E-state index contributed by atoms with van der Waals surface area (Å²) < 4.78 is 0. The predicted molar refractivity (Wildman–Crippen MR) is 73.9 cm³/mol. The van der Waals surface area contributed by atoms with Crippen molar-refractivity contribution in [2.45, 2.75) is 0 Å². The molecular formula is C16H15FeN. The summed E-state index contributed by atoms with van der Waals surface area (Å²) in [6, 6.07) is 26.1. The van der Waals surface area contributed by atoms with E-state index in [1.807, 2.05) is 66.7 Å². The maximum atomic E-state index is 5.58. The predicted octanol–water partition coefficient (Wildman–Crippen LogP) is 4.06. The fourth-order valence-corrected chi connectivity index (χ4v) is 1.56.